The van der Waals surface area contributed by atoms with Crippen molar-refractivity contribution in [1.82, 2.24) is 15.1 Å². The van der Waals surface area contributed by atoms with E-state index in [9.17, 15) is 0 Å². The molecule has 0 bridgehead atoms. The summed E-state index contributed by atoms with van der Waals surface area (Å²) in [6.07, 6.45) is 6.82. The number of fused-ring (bicyclic) bond motifs is 1. The average molecular weight is 406 g/mol. The highest BCUT2D eigenvalue weighted by Gasteiger charge is 2.32. The minimum atomic E-state index is 0.118. The maximum Gasteiger partial charge on any atom is 0.123 e. The van der Waals surface area contributed by atoms with Crippen LogP contribution < -0.4 is 5.32 Å². The Labute approximate surface area is 176 Å². The van der Waals surface area contributed by atoms with E-state index in [2.05, 4.69) is 69.9 Å². The fourth-order valence-corrected chi connectivity index (χ4v) is 4.30. The maximum absolute atomic E-state index is 6.30. The van der Waals surface area contributed by atoms with Gasteiger partial charge in [0, 0.05) is 36.4 Å². The molecule has 0 aromatic heterocycles. The van der Waals surface area contributed by atoms with Crippen LogP contribution in [0.4, 0.5) is 0 Å². The summed E-state index contributed by atoms with van der Waals surface area (Å²) in [6, 6.07) is 18.6. The number of allylic oxidation sites excluding steroid dienone is 2. The summed E-state index contributed by atoms with van der Waals surface area (Å²) in [7, 11) is 0. The Morgan fingerprint density at radius 1 is 1.00 bits per heavy atom. The Kier molecular flexibility index (Phi) is 5.15. The lowest BCUT2D eigenvalue weighted by Gasteiger charge is -2.32. The highest BCUT2D eigenvalue weighted by atomic mass is 35.5. The van der Waals surface area contributed by atoms with Gasteiger partial charge in [0.1, 0.15) is 6.17 Å². The third kappa shape index (κ3) is 3.84. The molecule has 2 aromatic rings. The Bertz CT molecular complexity index is 977. The molecular weight excluding hydrogens is 382 g/mol. The van der Waals surface area contributed by atoms with Gasteiger partial charge in [-0.25, -0.2) is 0 Å². The minimum Gasteiger partial charge on any atom is -0.379 e. The molecule has 2 aromatic carbocycles. The molecule has 3 heterocycles. The van der Waals surface area contributed by atoms with E-state index in [1.807, 2.05) is 18.2 Å². The topological polar surface area (TPSA) is 27.7 Å². The van der Waals surface area contributed by atoms with Crippen LogP contribution in [0.15, 0.2) is 78.6 Å². The molecule has 5 heteroatoms. The molecule has 4 nitrogen and oxygen atoms in total. The van der Waals surface area contributed by atoms with Gasteiger partial charge >= 0.3 is 0 Å². The third-order valence-electron chi connectivity index (χ3n) is 5.63. The fraction of sp³-hybridized carbons (Fsp3) is 0.250. The molecule has 0 spiro atoms. The smallest absolute Gasteiger partial charge is 0.123 e. The van der Waals surface area contributed by atoms with Crippen molar-refractivity contribution >= 4 is 22.9 Å². The number of rotatable bonds is 4. The number of nitrogens with zero attached hydrogens (tertiary/aromatic N) is 2. The quantitative estimate of drug-likeness (QED) is 0.825. The molecule has 0 amide bonds. The molecule has 0 radical (unpaired) electrons. The molecule has 0 aliphatic carbocycles. The van der Waals surface area contributed by atoms with E-state index in [1.54, 1.807) is 0 Å². The molecule has 1 atom stereocenters. The number of benzene rings is 2. The van der Waals surface area contributed by atoms with Crippen molar-refractivity contribution in [2.75, 3.05) is 32.8 Å². The summed E-state index contributed by atoms with van der Waals surface area (Å²) in [4.78, 5) is 4.83. The monoisotopic (exact) mass is 405 g/mol. The molecule has 29 heavy (non-hydrogen) atoms. The highest BCUT2D eigenvalue weighted by Crippen LogP contribution is 2.34. The molecule has 0 saturated carbocycles. The number of hydrogen-bond donors (Lipinski definition) is 1. The summed E-state index contributed by atoms with van der Waals surface area (Å²) in [5.74, 6) is 0. The zero-order valence-corrected chi connectivity index (χ0v) is 17.0. The lowest BCUT2D eigenvalue weighted by molar-refractivity contribution is 0.0401. The van der Waals surface area contributed by atoms with Crippen molar-refractivity contribution in [2.24, 2.45) is 0 Å². The van der Waals surface area contributed by atoms with Gasteiger partial charge in [-0.15, -0.1) is 0 Å². The van der Waals surface area contributed by atoms with Crippen LogP contribution >= 0.6 is 11.6 Å². The maximum atomic E-state index is 6.30. The van der Waals surface area contributed by atoms with Crippen molar-refractivity contribution in [1.29, 1.82) is 0 Å². The van der Waals surface area contributed by atoms with Gasteiger partial charge in [0.05, 0.1) is 24.6 Å². The van der Waals surface area contributed by atoms with E-state index in [0.717, 1.165) is 49.1 Å². The number of nitrogens with one attached hydrogen (secondary N) is 1. The van der Waals surface area contributed by atoms with Gasteiger partial charge in [0.2, 0.25) is 0 Å². The third-order valence-corrected chi connectivity index (χ3v) is 5.86. The molecule has 1 N–H and O–H groups in total. The predicted octanol–water partition coefficient (Wildman–Crippen LogP) is 4.18. The second-order valence-electron chi connectivity index (χ2n) is 7.53. The summed E-state index contributed by atoms with van der Waals surface area (Å²) in [5.41, 5.74) is 5.99. The van der Waals surface area contributed by atoms with Crippen LogP contribution in [-0.4, -0.2) is 48.8 Å². The van der Waals surface area contributed by atoms with Gasteiger partial charge in [0.15, 0.2) is 0 Å². The van der Waals surface area contributed by atoms with Crippen molar-refractivity contribution in [3.8, 4) is 0 Å². The zero-order valence-electron chi connectivity index (χ0n) is 16.2. The van der Waals surface area contributed by atoms with Gasteiger partial charge in [-0.05, 0) is 29.3 Å². The largest absolute Gasteiger partial charge is 0.379 e. The number of hydrogen-bond acceptors (Lipinski definition) is 4. The van der Waals surface area contributed by atoms with E-state index in [0.29, 0.717) is 0 Å². The Hall–Kier alpha value is -2.53. The molecule has 148 valence electrons. The lowest BCUT2D eigenvalue weighted by Crippen LogP contribution is -2.40. The van der Waals surface area contributed by atoms with E-state index >= 15 is 0 Å². The Balaban J connectivity index is 1.53. The van der Waals surface area contributed by atoms with Gasteiger partial charge in [-0.3, -0.25) is 4.90 Å². The van der Waals surface area contributed by atoms with Crippen LogP contribution in [0, 0.1) is 0 Å². The zero-order chi connectivity index (χ0) is 19.6. The van der Waals surface area contributed by atoms with Gasteiger partial charge in [0.25, 0.3) is 0 Å². The SMILES string of the molecule is Clc1cccc(C2=C(CN3CCOCC3)N3C=C(c4ccccc4)C=CC3N2)c1. The molecule has 1 saturated heterocycles. The van der Waals surface area contributed by atoms with Crippen molar-refractivity contribution < 1.29 is 4.74 Å². The summed E-state index contributed by atoms with van der Waals surface area (Å²) in [6.45, 7) is 4.37. The van der Waals surface area contributed by atoms with Crippen LogP contribution in [0.3, 0.4) is 0 Å². The first-order chi connectivity index (χ1) is 14.3. The standard InChI is InChI=1S/C24H24ClN3O/c25-21-8-4-7-19(15-21)24-22(17-27-11-13-29-14-12-27)28-16-20(9-10-23(28)26-24)18-5-2-1-3-6-18/h1-10,15-16,23,26H,11-14,17H2. The molecular formula is C24H24ClN3O. The molecule has 3 aliphatic rings. The van der Waals surface area contributed by atoms with E-state index in [4.69, 9.17) is 16.3 Å². The summed E-state index contributed by atoms with van der Waals surface area (Å²) >= 11 is 6.30. The number of ether oxygens (including phenoxy) is 1. The van der Waals surface area contributed by atoms with Crippen LogP contribution in [-0.2, 0) is 4.74 Å². The molecule has 1 unspecified atom stereocenters. The normalized spacial score (nSPS) is 21.8. The summed E-state index contributed by atoms with van der Waals surface area (Å²) in [5, 5.41) is 4.46. The van der Waals surface area contributed by atoms with Gasteiger partial charge < -0.3 is 15.0 Å². The van der Waals surface area contributed by atoms with Crippen molar-refractivity contribution in [3.63, 3.8) is 0 Å². The first-order valence-electron chi connectivity index (χ1n) is 10.1. The average Bonchev–Trinajstić information content (AvgIpc) is 3.13. The Morgan fingerprint density at radius 2 is 1.79 bits per heavy atom. The van der Waals surface area contributed by atoms with E-state index in [1.165, 1.54) is 16.8 Å². The van der Waals surface area contributed by atoms with Crippen molar-refractivity contribution in [2.45, 2.75) is 6.17 Å². The molecule has 5 rings (SSSR count). The van der Waals surface area contributed by atoms with Crippen LogP contribution in [0.5, 0.6) is 0 Å². The minimum absolute atomic E-state index is 0.118. The second kappa shape index (κ2) is 8.07. The van der Waals surface area contributed by atoms with Crippen LogP contribution in [0.25, 0.3) is 11.3 Å². The first-order valence-corrected chi connectivity index (χ1v) is 10.5. The lowest BCUT2D eigenvalue weighted by atomic mass is 10.0. The second-order valence-corrected chi connectivity index (χ2v) is 7.96. The van der Waals surface area contributed by atoms with Gasteiger partial charge in [-0.1, -0.05) is 60.1 Å². The van der Waals surface area contributed by atoms with Crippen LogP contribution in [0.2, 0.25) is 5.02 Å². The number of morpholine rings is 1. The van der Waals surface area contributed by atoms with Crippen molar-refractivity contribution in [3.05, 3.63) is 94.8 Å². The summed E-state index contributed by atoms with van der Waals surface area (Å²) < 4.78 is 5.55. The molecule has 1 fully saturated rings. The number of halogens is 1. The van der Waals surface area contributed by atoms with Crippen LogP contribution in [0.1, 0.15) is 11.1 Å². The Morgan fingerprint density at radius 3 is 2.59 bits per heavy atom. The fourth-order valence-electron chi connectivity index (χ4n) is 4.11. The van der Waals surface area contributed by atoms with E-state index in [-0.39, 0.29) is 6.17 Å². The highest BCUT2D eigenvalue weighted by molar-refractivity contribution is 6.30. The molecule has 3 aliphatic heterocycles. The predicted molar refractivity (Wildman–Crippen MR) is 118 cm³/mol. The van der Waals surface area contributed by atoms with Gasteiger partial charge in [-0.2, -0.15) is 0 Å². The van der Waals surface area contributed by atoms with E-state index < -0.39 is 0 Å². The first kappa shape index (κ1) is 18.5.